The molecule has 20 heavy (non-hydrogen) atoms. The molecule has 3 N–H and O–H groups in total. The van der Waals surface area contributed by atoms with Gasteiger partial charge in [-0.25, -0.2) is 9.78 Å². The minimum Gasteiger partial charge on any atom is -0.480 e. The third-order valence-corrected chi connectivity index (χ3v) is 3.12. The van der Waals surface area contributed by atoms with E-state index in [2.05, 4.69) is 22.2 Å². The van der Waals surface area contributed by atoms with Crippen molar-refractivity contribution >= 4 is 11.9 Å². The summed E-state index contributed by atoms with van der Waals surface area (Å²) in [6.07, 6.45) is 8.95. The number of nitrogens with zero attached hydrogens (tertiary/aromatic N) is 1. The SMILES string of the molecule is CCCCCCCC(=O)N[C@@H](Cc1cnc[nH]1)C(=O)O. The number of hydrogen-bond donors (Lipinski definition) is 3. The molecule has 6 heteroatoms. The number of carbonyl (C=O) groups excluding carboxylic acids is 1. The van der Waals surface area contributed by atoms with E-state index in [1.54, 1.807) is 6.20 Å². The van der Waals surface area contributed by atoms with Crippen LogP contribution < -0.4 is 5.32 Å². The number of carboxylic acid groups (broad SMARTS) is 1. The Morgan fingerprint density at radius 3 is 2.70 bits per heavy atom. The van der Waals surface area contributed by atoms with E-state index in [-0.39, 0.29) is 12.3 Å². The van der Waals surface area contributed by atoms with Crippen molar-refractivity contribution in [1.82, 2.24) is 15.3 Å². The molecule has 0 fully saturated rings. The van der Waals surface area contributed by atoms with Crippen molar-refractivity contribution in [3.63, 3.8) is 0 Å². The Balaban J connectivity index is 2.30. The van der Waals surface area contributed by atoms with E-state index < -0.39 is 12.0 Å². The molecular weight excluding hydrogens is 258 g/mol. The van der Waals surface area contributed by atoms with Gasteiger partial charge in [-0.05, 0) is 6.42 Å². The normalized spacial score (nSPS) is 12.1. The van der Waals surface area contributed by atoms with Crippen molar-refractivity contribution < 1.29 is 14.7 Å². The van der Waals surface area contributed by atoms with E-state index in [1.807, 2.05) is 0 Å². The third-order valence-electron chi connectivity index (χ3n) is 3.12. The molecule has 1 rings (SSSR count). The van der Waals surface area contributed by atoms with Crippen LogP contribution in [0.15, 0.2) is 12.5 Å². The molecule has 112 valence electrons. The van der Waals surface area contributed by atoms with E-state index >= 15 is 0 Å². The van der Waals surface area contributed by atoms with E-state index in [1.165, 1.54) is 12.7 Å². The summed E-state index contributed by atoms with van der Waals surface area (Å²) in [5.41, 5.74) is 0.695. The molecule has 0 saturated carbocycles. The highest BCUT2D eigenvalue weighted by Crippen LogP contribution is 2.05. The highest BCUT2D eigenvalue weighted by molar-refractivity contribution is 5.83. The van der Waals surface area contributed by atoms with Gasteiger partial charge in [0.05, 0.1) is 6.33 Å². The van der Waals surface area contributed by atoms with Gasteiger partial charge >= 0.3 is 5.97 Å². The van der Waals surface area contributed by atoms with Crippen LogP contribution in [-0.4, -0.2) is 33.0 Å². The summed E-state index contributed by atoms with van der Waals surface area (Å²) in [7, 11) is 0. The molecule has 0 aliphatic heterocycles. The first kappa shape index (κ1) is 16.2. The fourth-order valence-corrected chi connectivity index (χ4v) is 1.97. The van der Waals surface area contributed by atoms with Crippen LogP contribution in [0, 0.1) is 0 Å². The van der Waals surface area contributed by atoms with Gasteiger partial charge in [-0.2, -0.15) is 0 Å². The monoisotopic (exact) mass is 281 g/mol. The number of carboxylic acids is 1. The van der Waals surface area contributed by atoms with Gasteiger partial charge in [0.25, 0.3) is 0 Å². The average molecular weight is 281 g/mol. The van der Waals surface area contributed by atoms with Crippen molar-refractivity contribution in [3.8, 4) is 0 Å². The average Bonchev–Trinajstić information content (AvgIpc) is 2.90. The lowest BCUT2D eigenvalue weighted by Crippen LogP contribution is -2.42. The first-order valence-electron chi connectivity index (χ1n) is 7.13. The maximum atomic E-state index is 11.7. The molecule has 1 atom stereocenters. The van der Waals surface area contributed by atoms with Crippen LogP contribution in [0.25, 0.3) is 0 Å². The molecule has 6 nitrogen and oxygen atoms in total. The van der Waals surface area contributed by atoms with Gasteiger partial charge < -0.3 is 15.4 Å². The molecule has 1 aromatic heterocycles. The van der Waals surface area contributed by atoms with E-state index in [0.717, 1.165) is 25.7 Å². The molecule has 0 aromatic carbocycles. The molecule has 0 aliphatic carbocycles. The predicted octanol–water partition coefficient (Wildman–Crippen LogP) is 1.88. The fraction of sp³-hybridized carbons (Fsp3) is 0.643. The number of imidazole rings is 1. The van der Waals surface area contributed by atoms with Crippen molar-refractivity contribution in [3.05, 3.63) is 18.2 Å². The van der Waals surface area contributed by atoms with Gasteiger partial charge in [0.2, 0.25) is 5.91 Å². The van der Waals surface area contributed by atoms with Gasteiger partial charge in [0.15, 0.2) is 0 Å². The number of carbonyl (C=O) groups is 2. The molecule has 0 spiro atoms. The number of amides is 1. The highest BCUT2D eigenvalue weighted by Gasteiger charge is 2.20. The highest BCUT2D eigenvalue weighted by atomic mass is 16.4. The summed E-state index contributed by atoms with van der Waals surface area (Å²) in [5, 5.41) is 11.7. The van der Waals surface area contributed by atoms with Crippen molar-refractivity contribution in [2.75, 3.05) is 0 Å². The number of unbranched alkanes of at least 4 members (excludes halogenated alkanes) is 4. The van der Waals surface area contributed by atoms with Gasteiger partial charge in [-0.15, -0.1) is 0 Å². The molecule has 0 aliphatic rings. The second-order valence-electron chi connectivity index (χ2n) is 4.90. The minimum absolute atomic E-state index is 0.201. The minimum atomic E-state index is -1.03. The van der Waals surface area contributed by atoms with Crippen LogP contribution in [0.3, 0.4) is 0 Å². The summed E-state index contributed by atoms with van der Waals surface area (Å²) < 4.78 is 0. The summed E-state index contributed by atoms with van der Waals surface area (Å²) in [5.74, 6) is -1.23. The van der Waals surface area contributed by atoms with Crippen LogP contribution in [0.4, 0.5) is 0 Å². The molecule has 1 aromatic rings. The zero-order chi connectivity index (χ0) is 14.8. The molecule has 1 amide bonds. The quantitative estimate of drug-likeness (QED) is 0.571. The largest absolute Gasteiger partial charge is 0.480 e. The number of aliphatic carboxylic acids is 1. The Morgan fingerprint density at radius 1 is 1.35 bits per heavy atom. The molecule has 0 unspecified atom stereocenters. The Hall–Kier alpha value is -1.85. The summed E-state index contributed by atoms with van der Waals surface area (Å²) in [6.45, 7) is 2.14. The van der Waals surface area contributed by atoms with Gasteiger partial charge in [-0.3, -0.25) is 4.79 Å². The maximum Gasteiger partial charge on any atom is 0.326 e. The van der Waals surface area contributed by atoms with Crippen molar-refractivity contribution in [2.45, 2.75) is 57.9 Å². The Kier molecular flexibility index (Phi) is 7.39. The van der Waals surface area contributed by atoms with E-state index in [9.17, 15) is 9.59 Å². The predicted molar refractivity (Wildman–Crippen MR) is 75.2 cm³/mol. The second-order valence-corrected chi connectivity index (χ2v) is 4.90. The Bertz CT molecular complexity index is 404. The van der Waals surface area contributed by atoms with Gasteiger partial charge in [0.1, 0.15) is 6.04 Å². The summed E-state index contributed by atoms with van der Waals surface area (Å²) in [4.78, 5) is 29.5. The van der Waals surface area contributed by atoms with E-state index in [4.69, 9.17) is 5.11 Å². The number of rotatable bonds is 10. The van der Waals surface area contributed by atoms with Crippen LogP contribution >= 0.6 is 0 Å². The molecular formula is C14H23N3O3. The van der Waals surface area contributed by atoms with Crippen LogP contribution in [0.1, 0.15) is 51.1 Å². The first-order chi connectivity index (χ1) is 9.63. The van der Waals surface area contributed by atoms with Crippen LogP contribution in [0.2, 0.25) is 0 Å². The smallest absolute Gasteiger partial charge is 0.326 e. The molecule has 0 saturated heterocycles. The topological polar surface area (TPSA) is 95.1 Å². The zero-order valence-electron chi connectivity index (χ0n) is 11.9. The number of nitrogens with one attached hydrogen (secondary N) is 2. The fourth-order valence-electron chi connectivity index (χ4n) is 1.97. The Labute approximate surface area is 119 Å². The zero-order valence-corrected chi connectivity index (χ0v) is 11.9. The standard InChI is InChI=1S/C14H23N3O3/c1-2-3-4-5-6-7-13(18)17-12(14(19)20)8-11-9-15-10-16-11/h9-10,12H,2-8H2,1H3,(H,15,16)(H,17,18)(H,19,20)/t12-/m0/s1. The van der Waals surface area contributed by atoms with Crippen molar-refractivity contribution in [2.24, 2.45) is 0 Å². The van der Waals surface area contributed by atoms with Crippen molar-refractivity contribution in [1.29, 1.82) is 0 Å². The van der Waals surface area contributed by atoms with Crippen LogP contribution in [-0.2, 0) is 16.0 Å². The number of aromatic nitrogens is 2. The molecule has 1 heterocycles. The van der Waals surface area contributed by atoms with Crippen LogP contribution in [0.5, 0.6) is 0 Å². The first-order valence-corrected chi connectivity index (χ1v) is 7.13. The summed E-state index contributed by atoms with van der Waals surface area (Å²) in [6, 6.07) is -0.904. The maximum absolute atomic E-state index is 11.7. The lowest BCUT2D eigenvalue weighted by molar-refractivity contribution is -0.141. The molecule has 0 bridgehead atoms. The number of H-pyrrole nitrogens is 1. The summed E-state index contributed by atoms with van der Waals surface area (Å²) >= 11 is 0. The lowest BCUT2D eigenvalue weighted by Gasteiger charge is -2.13. The molecule has 0 radical (unpaired) electrons. The number of aromatic amines is 1. The van der Waals surface area contributed by atoms with Gasteiger partial charge in [-0.1, -0.05) is 32.6 Å². The second kappa shape index (κ2) is 9.12. The Morgan fingerprint density at radius 2 is 2.10 bits per heavy atom. The third kappa shape index (κ3) is 6.36. The van der Waals surface area contributed by atoms with E-state index in [0.29, 0.717) is 12.1 Å². The van der Waals surface area contributed by atoms with Gasteiger partial charge in [0, 0.05) is 24.7 Å². The lowest BCUT2D eigenvalue weighted by atomic mass is 10.1. The number of hydrogen-bond acceptors (Lipinski definition) is 3.